The molecule has 2 aliphatic rings. The van der Waals surface area contributed by atoms with Crippen LogP contribution in [0.5, 0.6) is 0 Å². The summed E-state index contributed by atoms with van der Waals surface area (Å²) in [6, 6.07) is -0.293. The molecule has 1 N–H and O–H groups in total. The number of piperidine rings is 1. The molecule has 0 aromatic carbocycles. The van der Waals surface area contributed by atoms with Crippen LogP contribution in [0.1, 0.15) is 26.2 Å². The second-order valence-electron chi connectivity index (χ2n) is 4.87. The van der Waals surface area contributed by atoms with Gasteiger partial charge in [-0.3, -0.25) is 14.4 Å². The van der Waals surface area contributed by atoms with Crippen LogP contribution in [0.25, 0.3) is 0 Å². The normalized spacial score (nSPS) is 28.4. The van der Waals surface area contributed by atoms with Gasteiger partial charge in [-0.2, -0.15) is 0 Å². The highest BCUT2D eigenvalue weighted by molar-refractivity contribution is 8.13. The molecule has 2 fully saturated rings. The highest BCUT2D eigenvalue weighted by Gasteiger charge is 2.38. The molecule has 2 rings (SSSR count). The van der Waals surface area contributed by atoms with Gasteiger partial charge in [-0.25, -0.2) is 0 Å². The lowest BCUT2D eigenvalue weighted by Gasteiger charge is -2.30. The van der Waals surface area contributed by atoms with Crippen LogP contribution in [-0.2, 0) is 14.4 Å². The summed E-state index contributed by atoms with van der Waals surface area (Å²) in [6.45, 7) is 2.85. The van der Waals surface area contributed by atoms with Gasteiger partial charge in [-0.15, -0.1) is 0 Å². The minimum absolute atomic E-state index is 0.0329. The van der Waals surface area contributed by atoms with Crippen LogP contribution in [0.4, 0.5) is 0 Å². The average Bonchev–Trinajstić information content (AvgIpc) is 2.69. The van der Waals surface area contributed by atoms with Gasteiger partial charge in [-0.1, -0.05) is 11.8 Å². The zero-order valence-electron chi connectivity index (χ0n) is 10.5. The molecule has 0 spiro atoms. The van der Waals surface area contributed by atoms with Gasteiger partial charge >= 0.3 is 0 Å². The number of carbonyl (C=O) groups is 3. The Balaban J connectivity index is 1.92. The van der Waals surface area contributed by atoms with E-state index in [-0.39, 0.29) is 28.9 Å². The number of hydrogen-bond acceptors (Lipinski definition) is 4. The van der Waals surface area contributed by atoms with Crippen LogP contribution in [0.15, 0.2) is 0 Å². The van der Waals surface area contributed by atoms with Crippen molar-refractivity contribution in [3.8, 4) is 0 Å². The first-order valence-corrected chi connectivity index (χ1v) is 7.27. The highest BCUT2D eigenvalue weighted by atomic mass is 32.2. The first-order valence-electron chi connectivity index (χ1n) is 6.28. The number of likely N-dealkylation sites (tertiary alicyclic amines) is 1. The number of amides is 2. The third-order valence-corrected chi connectivity index (χ3v) is 4.44. The van der Waals surface area contributed by atoms with Crippen molar-refractivity contribution in [2.45, 2.75) is 32.2 Å². The first kappa shape index (κ1) is 13.4. The summed E-state index contributed by atoms with van der Waals surface area (Å²) in [7, 11) is 0. The van der Waals surface area contributed by atoms with E-state index in [9.17, 15) is 14.4 Å². The predicted molar refractivity (Wildman–Crippen MR) is 69.0 cm³/mol. The maximum atomic E-state index is 11.9. The highest BCUT2D eigenvalue weighted by Crippen LogP contribution is 2.26. The number of nitrogens with one attached hydrogen (secondary N) is 1. The maximum Gasteiger partial charge on any atom is 0.242 e. The molecule has 0 radical (unpaired) electrons. The summed E-state index contributed by atoms with van der Waals surface area (Å²) in [6.07, 6.45) is 2.14. The van der Waals surface area contributed by atoms with Crippen molar-refractivity contribution < 1.29 is 14.4 Å². The third kappa shape index (κ3) is 3.04. The van der Waals surface area contributed by atoms with E-state index in [1.165, 1.54) is 18.7 Å². The van der Waals surface area contributed by atoms with Crippen LogP contribution in [-0.4, -0.2) is 46.7 Å². The van der Waals surface area contributed by atoms with Gasteiger partial charge in [0.25, 0.3) is 0 Å². The van der Waals surface area contributed by atoms with Crippen LogP contribution >= 0.6 is 11.8 Å². The first-order chi connectivity index (χ1) is 8.58. The number of hydrogen-bond donors (Lipinski definition) is 1. The second-order valence-corrected chi connectivity index (χ2v) is 6.06. The molecule has 2 atom stereocenters. The molecule has 2 heterocycles. The van der Waals surface area contributed by atoms with Crippen molar-refractivity contribution in [3.05, 3.63) is 0 Å². The van der Waals surface area contributed by atoms with Gasteiger partial charge in [0.15, 0.2) is 5.12 Å². The van der Waals surface area contributed by atoms with Crippen LogP contribution in [0.2, 0.25) is 0 Å². The molecule has 5 nitrogen and oxygen atoms in total. The lowest BCUT2D eigenvalue weighted by Crippen LogP contribution is -2.51. The van der Waals surface area contributed by atoms with Crippen LogP contribution < -0.4 is 5.32 Å². The Morgan fingerprint density at radius 1 is 1.50 bits per heavy atom. The fourth-order valence-corrected chi connectivity index (χ4v) is 3.20. The topological polar surface area (TPSA) is 66.5 Å². The molecular formula is C12H18N2O3S. The Hall–Kier alpha value is -1.04. The second kappa shape index (κ2) is 5.73. The monoisotopic (exact) mass is 270 g/mol. The lowest BCUT2D eigenvalue weighted by molar-refractivity contribution is -0.138. The average molecular weight is 270 g/mol. The lowest BCUT2D eigenvalue weighted by atomic mass is 10.1. The molecule has 0 aromatic heterocycles. The van der Waals surface area contributed by atoms with Crippen molar-refractivity contribution in [2.24, 2.45) is 5.92 Å². The molecule has 2 amide bonds. The maximum absolute atomic E-state index is 11.9. The van der Waals surface area contributed by atoms with Gasteiger partial charge < -0.3 is 10.2 Å². The van der Waals surface area contributed by atoms with Gasteiger partial charge in [0.2, 0.25) is 11.8 Å². The molecule has 2 unspecified atom stereocenters. The molecular weight excluding hydrogens is 252 g/mol. The van der Waals surface area contributed by atoms with Crippen molar-refractivity contribution in [1.82, 2.24) is 10.2 Å². The van der Waals surface area contributed by atoms with Gasteiger partial charge in [-0.05, 0) is 18.8 Å². The quantitative estimate of drug-likeness (QED) is 0.806. The van der Waals surface area contributed by atoms with E-state index in [1.54, 1.807) is 4.90 Å². The van der Waals surface area contributed by atoms with E-state index in [0.29, 0.717) is 25.3 Å². The largest absolute Gasteiger partial charge is 0.354 e. The van der Waals surface area contributed by atoms with E-state index in [1.807, 2.05) is 0 Å². The minimum atomic E-state index is -0.293. The molecule has 0 aliphatic carbocycles. The van der Waals surface area contributed by atoms with E-state index in [0.717, 1.165) is 12.8 Å². The molecule has 2 saturated heterocycles. The Kier molecular flexibility index (Phi) is 4.27. The molecule has 6 heteroatoms. The molecule has 0 saturated carbocycles. The molecule has 0 aromatic rings. The van der Waals surface area contributed by atoms with Gasteiger partial charge in [0.1, 0.15) is 6.04 Å². The van der Waals surface area contributed by atoms with E-state index in [4.69, 9.17) is 0 Å². The van der Waals surface area contributed by atoms with Crippen LogP contribution in [0.3, 0.4) is 0 Å². The fraction of sp³-hybridized carbons (Fsp3) is 0.750. The van der Waals surface area contributed by atoms with Gasteiger partial charge in [0, 0.05) is 32.2 Å². The summed E-state index contributed by atoms with van der Waals surface area (Å²) in [4.78, 5) is 36.3. The Morgan fingerprint density at radius 2 is 2.28 bits per heavy atom. The van der Waals surface area contributed by atoms with Crippen LogP contribution in [0, 0.1) is 5.92 Å². The van der Waals surface area contributed by atoms with Crippen molar-refractivity contribution in [1.29, 1.82) is 0 Å². The third-order valence-electron chi connectivity index (χ3n) is 3.39. The minimum Gasteiger partial charge on any atom is -0.354 e. The predicted octanol–water partition coefficient (Wildman–Crippen LogP) is 0.393. The summed E-state index contributed by atoms with van der Waals surface area (Å²) in [5, 5.41) is 2.88. The fourth-order valence-electron chi connectivity index (χ4n) is 2.51. The number of nitrogens with zero attached hydrogens (tertiary/aromatic N) is 1. The Labute approximate surface area is 111 Å². The zero-order valence-corrected chi connectivity index (χ0v) is 11.3. The Bertz CT molecular complexity index is 372. The Morgan fingerprint density at radius 3 is 2.94 bits per heavy atom. The molecule has 0 bridgehead atoms. The number of thioether (sulfide) groups is 1. The van der Waals surface area contributed by atoms with Crippen molar-refractivity contribution in [2.75, 3.05) is 18.8 Å². The zero-order chi connectivity index (χ0) is 13.1. The molecule has 100 valence electrons. The molecule has 2 aliphatic heterocycles. The van der Waals surface area contributed by atoms with Crippen molar-refractivity contribution in [3.63, 3.8) is 0 Å². The van der Waals surface area contributed by atoms with Crippen molar-refractivity contribution >= 4 is 28.7 Å². The number of rotatable bonds is 3. The van der Waals surface area contributed by atoms with E-state index < -0.39 is 0 Å². The standard InChI is InChI=1S/C12H18N2O3S/c1-8(15)18-7-9-5-11(16)14(6-9)10-3-2-4-13-12(10)17/h9-10H,2-7H2,1H3,(H,13,17). The van der Waals surface area contributed by atoms with E-state index >= 15 is 0 Å². The van der Waals surface area contributed by atoms with Gasteiger partial charge in [0.05, 0.1) is 0 Å². The SMILES string of the molecule is CC(=O)SCC1CC(=O)N(C2CCCNC2=O)C1. The summed E-state index contributed by atoms with van der Waals surface area (Å²) < 4.78 is 0. The molecule has 18 heavy (non-hydrogen) atoms. The summed E-state index contributed by atoms with van der Waals surface area (Å²) >= 11 is 1.26. The number of carbonyl (C=O) groups excluding carboxylic acids is 3. The summed E-state index contributed by atoms with van der Waals surface area (Å²) in [5.41, 5.74) is 0. The smallest absolute Gasteiger partial charge is 0.242 e. The summed E-state index contributed by atoms with van der Waals surface area (Å²) in [5.74, 6) is 0.883. The van der Waals surface area contributed by atoms with E-state index in [2.05, 4.69) is 5.32 Å².